The topological polar surface area (TPSA) is 0 Å². The van der Waals surface area contributed by atoms with E-state index in [0.29, 0.717) is 0 Å². The predicted molar refractivity (Wildman–Crippen MR) is 119 cm³/mol. The third-order valence-corrected chi connectivity index (χ3v) is 7.32. The van der Waals surface area contributed by atoms with Crippen molar-refractivity contribution in [1.82, 2.24) is 0 Å². The van der Waals surface area contributed by atoms with Gasteiger partial charge in [-0.3, -0.25) is 0 Å². The average molecular weight is 387 g/mol. The molecule has 3 aromatic rings. The van der Waals surface area contributed by atoms with Gasteiger partial charge in [0.2, 0.25) is 0 Å². The van der Waals surface area contributed by atoms with Crippen LogP contribution in [0.3, 0.4) is 0 Å². The molecule has 28 heavy (non-hydrogen) atoms. The Morgan fingerprint density at radius 3 is 1.93 bits per heavy atom. The van der Waals surface area contributed by atoms with Gasteiger partial charge in [0.15, 0.2) is 0 Å². The molecule has 1 spiro atoms. The van der Waals surface area contributed by atoms with Crippen molar-refractivity contribution in [3.63, 3.8) is 0 Å². The van der Waals surface area contributed by atoms with Crippen LogP contribution >= 0.6 is 11.6 Å². The van der Waals surface area contributed by atoms with Crippen LogP contribution in [0, 0.1) is 0 Å². The van der Waals surface area contributed by atoms with Crippen LogP contribution in [0.2, 0.25) is 5.02 Å². The number of hydrogen-bond acceptors (Lipinski definition) is 0. The molecular formula is C27H27Cl. The molecule has 2 aliphatic carbocycles. The van der Waals surface area contributed by atoms with Crippen LogP contribution in [0.4, 0.5) is 0 Å². The monoisotopic (exact) mass is 386 g/mol. The molecular weight excluding hydrogens is 360 g/mol. The van der Waals surface area contributed by atoms with Crippen molar-refractivity contribution in [2.45, 2.75) is 56.8 Å². The number of benzene rings is 3. The standard InChI is InChI=1S/C27H27Cl/c1-25(2)16-27(22-11-6-5-10-21(22)25)17-26(3,4)24-15-19(12-13-23(24)27)18-8-7-9-20(28)14-18/h5-15H,16-17H2,1-4H3. The van der Waals surface area contributed by atoms with E-state index in [2.05, 4.69) is 82.3 Å². The first kappa shape index (κ1) is 18.0. The van der Waals surface area contributed by atoms with E-state index in [9.17, 15) is 0 Å². The Morgan fingerprint density at radius 2 is 1.21 bits per heavy atom. The van der Waals surface area contributed by atoms with Gasteiger partial charge < -0.3 is 0 Å². The molecule has 0 bridgehead atoms. The SMILES string of the molecule is CC1(C)CC2(CC(C)(C)c3cc(-c4cccc(Cl)c4)ccc32)c2ccccc21. The molecule has 1 unspecified atom stereocenters. The zero-order valence-electron chi connectivity index (χ0n) is 17.1. The Kier molecular flexibility index (Phi) is 3.69. The first-order valence-electron chi connectivity index (χ1n) is 10.2. The lowest BCUT2D eigenvalue weighted by Gasteiger charge is -2.30. The minimum atomic E-state index is 0.131. The summed E-state index contributed by atoms with van der Waals surface area (Å²) < 4.78 is 0. The fourth-order valence-corrected chi connectivity index (χ4v) is 6.34. The Labute approximate surface area is 173 Å². The molecule has 0 saturated heterocycles. The van der Waals surface area contributed by atoms with Crippen LogP contribution in [0.25, 0.3) is 11.1 Å². The summed E-state index contributed by atoms with van der Waals surface area (Å²) in [6.07, 6.45) is 2.36. The molecule has 0 radical (unpaired) electrons. The summed E-state index contributed by atoms with van der Waals surface area (Å²) in [4.78, 5) is 0. The average Bonchev–Trinajstić information content (AvgIpc) is 3.02. The van der Waals surface area contributed by atoms with E-state index in [4.69, 9.17) is 11.6 Å². The molecule has 142 valence electrons. The van der Waals surface area contributed by atoms with E-state index in [0.717, 1.165) is 5.02 Å². The van der Waals surface area contributed by atoms with Gasteiger partial charge in [0.1, 0.15) is 0 Å². The van der Waals surface area contributed by atoms with Crippen LogP contribution in [-0.4, -0.2) is 0 Å². The quantitative estimate of drug-likeness (QED) is 0.402. The highest BCUT2D eigenvalue weighted by Gasteiger charge is 2.55. The van der Waals surface area contributed by atoms with Crippen LogP contribution in [0.1, 0.15) is 62.8 Å². The largest absolute Gasteiger partial charge is 0.0843 e. The molecule has 5 rings (SSSR count). The van der Waals surface area contributed by atoms with Crippen LogP contribution < -0.4 is 0 Å². The highest BCUT2D eigenvalue weighted by atomic mass is 35.5. The summed E-state index contributed by atoms with van der Waals surface area (Å²) >= 11 is 6.25. The zero-order chi connectivity index (χ0) is 19.7. The molecule has 0 saturated carbocycles. The summed E-state index contributed by atoms with van der Waals surface area (Å²) in [6.45, 7) is 9.64. The van der Waals surface area contributed by atoms with Crippen LogP contribution in [0.15, 0.2) is 66.7 Å². The maximum atomic E-state index is 6.25. The van der Waals surface area contributed by atoms with E-state index in [1.807, 2.05) is 12.1 Å². The molecule has 2 aliphatic rings. The Bertz CT molecular complexity index is 1090. The van der Waals surface area contributed by atoms with Crippen molar-refractivity contribution in [3.05, 3.63) is 94.0 Å². The molecule has 0 aromatic heterocycles. The van der Waals surface area contributed by atoms with Crippen LogP contribution in [-0.2, 0) is 16.2 Å². The smallest absolute Gasteiger partial charge is 0.0412 e. The second kappa shape index (κ2) is 5.74. The molecule has 1 atom stereocenters. The van der Waals surface area contributed by atoms with E-state index < -0.39 is 0 Å². The van der Waals surface area contributed by atoms with Crippen LogP contribution in [0.5, 0.6) is 0 Å². The Morgan fingerprint density at radius 1 is 0.607 bits per heavy atom. The van der Waals surface area contributed by atoms with Crippen molar-refractivity contribution < 1.29 is 0 Å². The van der Waals surface area contributed by atoms with Gasteiger partial charge in [0.05, 0.1) is 0 Å². The maximum absolute atomic E-state index is 6.25. The number of halogens is 1. The maximum Gasteiger partial charge on any atom is 0.0412 e. The van der Waals surface area contributed by atoms with Gasteiger partial charge in [-0.05, 0) is 69.2 Å². The van der Waals surface area contributed by atoms with E-state index in [-0.39, 0.29) is 16.2 Å². The van der Waals surface area contributed by atoms with Gasteiger partial charge in [-0.15, -0.1) is 0 Å². The minimum absolute atomic E-state index is 0.131. The molecule has 0 aliphatic heterocycles. The molecule has 0 heterocycles. The number of rotatable bonds is 1. The predicted octanol–water partition coefficient (Wildman–Crippen LogP) is 7.66. The van der Waals surface area contributed by atoms with E-state index in [1.54, 1.807) is 5.56 Å². The van der Waals surface area contributed by atoms with Gasteiger partial charge in [0.25, 0.3) is 0 Å². The zero-order valence-corrected chi connectivity index (χ0v) is 17.9. The third-order valence-electron chi connectivity index (χ3n) is 7.08. The number of fused-ring (bicyclic) bond motifs is 4. The summed E-state index contributed by atoms with van der Waals surface area (Å²) in [5, 5.41) is 0.792. The summed E-state index contributed by atoms with van der Waals surface area (Å²) in [5.74, 6) is 0. The van der Waals surface area contributed by atoms with Crippen molar-refractivity contribution in [2.75, 3.05) is 0 Å². The first-order chi connectivity index (χ1) is 13.2. The van der Waals surface area contributed by atoms with Crippen molar-refractivity contribution in [2.24, 2.45) is 0 Å². The lowest BCUT2D eigenvalue weighted by Crippen LogP contribution is -2.26. The minimum Gasteiger partial charge on any atom is -0.0843 e. The lowest BCUT2D eigenvalue weighted by atomic mass is 9.72. The van der Waals surface area contributed by atoms with Gasteiger partial charge in [0, 0.05) is 10.4 Å². The fraction of sp³-hybridized carbons (Fsp3) is 0.333. The van der Waals surface area contributed by atoms with E-state index >= 15 is 0 Å². The normalized spacial score (nSPS) is 23.6. The van der Waals surface area contributed by atoms with Crippen molar-refractivity contribution >= 4 is 11.6 Å². The van der Waals surface area contributed by atoms with E-state index in [1.165, 1.54) is 40.7 Å². The molecule has 1 heteroatoms. The van der Waals surface area contributed by atoms with Crippen molar-refractivity contribution in [1.29, 1.82) is 0 Å². The van der Waals surface area contributed by atoms with Gasteiger partial charge in [-0.2, -0.15) is 0 Å². The summed E-state index contributed by atoms with van der Waals surface area (Å²) in [6, 6.07) is 24.4. The second-order valence-corrected chi connectivity index (χ2v) is 10.5. The Balaban J connectivity index is 1.72. The molecule has 0 N–H and O–H groups in total. The lowest BCUT2D eigenvalue weighted by molar-refractivity contribution is 0.349. The summed E-state index contributed by atoms with van der Waals surface area (Å²) in [5.41, 5.74) is 9.04. The summed E-state index contributed by atoms with van der Waals surface area (Å²) in [7, 11) is 0. The number of hydrogen-bond donors (Lipinski definition) is 0. The van der Waals surface area contributed by atoms with Gasteiger partial charge >= 0.3 is 0 Å². The second-order valence-electron chi connectivity index (χ2n) is 10.0. The first-order valence-corrected chi connectivity index (χ1v) is 10.6. The van der Waals surface area contributed by atoms with Gasteiger partial charge in [-0.1, -0.05) is 93.9 Å². The highest BCUT2D eigenvalue weighted by Crippen LogP contribution is 2.62. The molecule has 0 nitrogen and oxygen atoms in total. The molecule has 3 aromatic carbocycles. The van der Waals surface area contributed by atoms with Crippen molar-refractivity contribution in [3.8, 4) is 11.1 Å². The third kappa shape index (κ3) is 2.44. The molecule has 0 amide bonds. The van der Waals surface area contributed by atoms with Gasteiger partial charge in [-0.25, -0.2) is 0 Å². The fourth-order valence-electron chi connectivity index (χ4n) is 6.15. The highest BCUT2D eigenvalue weighted by molar-refractivity contribution is 6.30. The molecule has 0 fully saturated rings. The Hall–Kier alpha value is -2.05.